The molecule has 1 aromatic carbocycles. The topological polar surface area (TPSA) is 26.0 Å². The number of thioether (sulfide) groups is 1. The standard InChI is InChI=1S/C11H15ClFNS/c1-7(2)3-4-15-11-5-8(12)9(13)6-10(11)14/h5-7H,3-4,14H2,1-2H3. The van der Waals surface area contributed by atoms with E-state index >= 15 is 0 Å². The molecule has 0 atom stereocenters. The number of hydrogen-bond acceptors (Lipinski definition) is 2. The van der Waals surface area contributed by atoms with Crippen LogP contribution in [-0.2, 0) is 0 Å². The molecule has 0 bridgehead atoms. The van der Waals surface area contributed by atoms with Gasteiger partial charge in [-0.3, -0.25) is 0 Å². The number of rotatable bonds is 4. The summed E-state index contributed by atoms with van der Waals surface area (Å²) in [7, 11) is 0. The van der Waals surface area contributed by atoms with E-state index in [0.29, 0.717) is 11.6 Å². The van der Waals surface area contributed by atoms with Gasteiger partial charge in [0.1, 0.15) is 5.82 Å². The van der Waals surface area contributed by atoms with Crippen molar-refractivity contribution in [3.63, 3.8) is 0 Å². The molecule has 1 nitrogen and oxygen atoms in total. The van der Waals surface area contributed by atoms with Gasteiger partial charge >= 0.3 is 0 Å². The summed E-state index contributed by atoms with van der Waals surface area (Å²) < 4.78 is 13.0. The van der Waals surface area contributed by atoms with Crippen molar-refractivity contribution in [1.82, 2.24) is 0 Å². The van der Waals surface area contributed by atoms with Crippen LogP contribution >= 0.6 is 23.4 Å². The molecule has 2 N–H and O–H groups in total. The van der Waals surface area contributed by atoms with Crippen molar-refractivity contribution in [3.8, 4) is 0 Å². The highest BCUT2D eigenvalue weighted by atomic mass is 35.5. The summed E-state index contributed by atoms with van der Waals surface area (Å²) in [6.07, 6.45) is 1.11. The second-order valence-electron chi connectivity index (χ2n) is 3.84. The van der Waals surface area contributed by atoms with Crippen molar-refractivity contribution in [2.45, 2.75) is 25.2 Å². The average Bonchev–Trinajstić information content (AvgIpc) is 2.13. The van der Waals surface area contributed by atoms with E-state index in [2.05, 4.69) is 13.8 Å². The first-order valence-corrected chi connectivity index (χ1v) is 6.24. The minimum absolute atomic E-state index is 0.135. The summed E-state index contributed by atoms with van der Waals surface area (Å²) in [6, 6.07) is 2.87. The second-order valence-corrected chi connectivity index (χ2v) is 5.38. The predicted octanol–water partition coefficient (Wildman–Crippen LogP) is 4.20. The van der Waals surface area contributed by atoms with E-state index in [-0.39, 0.29) is 5.02 Å². The lowest BCUT2D eigenvalue weighted by atomic mass is 10.2. The van der Waals surface area contributed by atoms with Gasteiger partial charge in [-0.05, 0) is 30.2 Å². The molecule has 0 saturated carbocycles. The zero-order valence-corrected chi connectivity index (χ0v) is 10.5. The Morgan fingerprint density at radius 1 is 1.47 bits per heavy atom. The summed E-state index contributed by atoms with van der Waals surface area (Å²) in [5, 5.41) is 0.135. The molecule has 4 heteroatoms. The predicted molar refractivity (Wildman–Crippen MR) is 66.0 cm³/mol. The van der Waals surface area contributed by atoms with Gasteiger partial charge in [0.05, 0.1) is 5.02 Å². The Labute approximate surface area is 99.2 Å². The fourth-order valence-corrected chi connectivity index (χ4v) is 2.54. The zero-order chi connectivity index (χ0) is 11.4. The minimum Gasteiger partial charge on any atom is -0.398 e. The first kappa shape index (κ1) is 12.7. The molecule has 0 heterocycles. The van der Waals surface area contributed by atoms with Crippen molar-refractivity contribution < 1.29 is 4.39 Å². The van der Waals surface area contributed by atoms with E-state index < -0.39 is 5.82 Å². The van der Waals surface area contributed by atoms with Gasteiger partial charge in [0.2, 0.25) is 0 Å². The van der Waals surface area contributed by atoms with Crippen LogP contribution in [0.25, 0.3) is 0 Å². The maximum atomic E-state index is 13.0. The third kappa shape index (κ3) is 3.92. The average molecular weight is 248 g/mol. The molecule has 0 saturated heterocycles. The van der Waals surface area contributed by atoms with Crippen LogP contribution in [0.15, 0.2) is 17.0 Å². The second kappa shape index (κ2) is 5.61. The fourth-order valence-electron chi connectivity index (χ4n) is 1.07. The van der Waals surface area contributed by atoms with Crippen molar-refractivity contribution in [1.29, 1.82) is 0 Å². The maximum Gasteiger partial charge on any atom is 0.143 e. The van der Waals surface area contributed by atoms with Crippen LogP contribution < -0.4 is 5.73 Å². The van der Waals surface area contributed by atoms with Gasteiger partial charge in [-0.15, -0.1) is 11.8 Å². The highest BCUT2D eigenvalue weighted by Crippen LogP contribution is 2.30. The highest BCUT2D eigenvalue weighted by molar-refractivity contribution is 7.99. The quantitative estimate of drug-likeness (QED) is 0.638. The molecule has 0 aliphatic carbocycles. The Balaban J connectivity index is 2.65. The van der Waals surface area contributed by atoms with E-state index in [4.69, 9.17) is 17.3 Å². The molecule has 0 amide bonds. The van der Waals surface area contributed by atoms with E-state index in [1.165, 1.54) is 6.07 Å². The lowest BCUT2D eigenvalue weighted by Crippen LogP contribution is -1.94. The number of halogens is 2. The molecule has 1 rings (SSSR count). The maximum absolute atomic E-state index is 13.0. The molecular weight excluding hydrogens is 233 g/mol. The van der Waals surface area contributed by atoms with Crippen LogP contribution in [0.2, 0.25) is 5.02 Å². The van der Waals surface area contributed by atoms with Gasteiger partial charge in [0.15, 0.2) is 0 Å². The van der Waals surface area contributed by atoms with Crippen molar-refractivity contribution in [3.05, 3.63) is 23.0 Å². The van der Waals surface area contributed by atoms with Gasteiger partial charge in [-0.2, -0.15) is 0 Å². The number of nitrogen functional groups attached to an aromatic ring is 1. The Morgan fingerprint density at radius 2 is 2.13 bits per heavy atom. The highest BCUT2D eigenvalue weighted by Gasteiger charge is 2.06. The molecule has 0 radical (unpaired) electrons. The van der Waals surface area contributed by atoms with Gasteiger partial charge in [0.25, 0.3) is 0 Å². The van der Waals surface area contributed by atoms with Gasteiger partial charge < -0.3 is 5.73 Å². The Hall–Kier alpha value is -0.410. The van der Waals surface area contributed by atoms with Crippen molar-refractivity contribution in [2.75, 3.05) is 11.5 Å². The third-order valence-electron chi connectivity index (χ3n) is 2.01. The van der Waals surface area contributed by atoms with Crippen molar-refractivity contribution in [2.24, 2.45) is 5.92 Å². The van der Waals surface area contributed by atoms with Crippen LogP contribution in [0, 0.1) is 11.7 Å². The molecule has 0 aliphatic heterocycles. The van der Waals surface area contributed by atoms with Gasteiger partial charge in [-0.25, -0.2) is 4.39 Å². The van der Waals surface area contributed by atoms with Crippen LogP contribution in [0.3, 0.4) is 0 Å². The van der Waals surface area contributed by atoms with Gasteiger partial charge in [-0.1, -0.05) is 25.4 Å². The molecular formula is C11H15ClFNS. The molecule has 84 valence electrons. The van der Waals surface area contributed by atoms with E-state index in [1.54, 1.807) is 17.8 Å². The summed E-state index contributed by atoms with van der Waals surface area (Å²) in [6.45, 7) is 4.34. The number of anilines is 1. The SMILES string of the molecule is CC(C)CCSc1cc(Cl)c(F)cc1N. The number of hydrogen-bond donors (Lipinski definition) is 1. The Morgan fingerprint density at radius 3 is 2.73 bits per heavy atom. The lowest BCUT2D eigenvalue weighted by Gasteiger charge is -2.08. The molecule has 0 aromatic heterocycles. The Kier molecular flexibility index (Phi) is 4.74. The lowest BCUT2D eigenvalue weighted by molar-refractivity contribution is 0.627. The van der Waals surface area contributed by atoms with E-state index in [1.807, 2.05) is 0 Å². The smallest absolute Gasteiger partial charge is 0.143 e. The monoisotopic (exact) mass is 247 g/mol. The van der Waals surface area contributed by atoms with Crippen LogP contribution in [0.4, 0.5) is 10.1 Å². The van der Waals surface area contributed by atoms with Crippen LogP contribution in [0.5, 0.6) is 0 Å². The largest absolute Gasteiger partial charge is 0.398 e. The van der Waals surface area contributed by atoms with Crippen molar-refractivity contribution >= 4 is 29.1 Å². The van der Waals surface area contributed by atoms with Gasteiger partial charge in [0, 0.05) is 10.6 Å². The minimum atomic E-state index is -0.456. The third-order valence-corrected chi connectivity index (χ3v) is 3.40. The van der Waals surface area contributed by atoms with Crippen LogP contribution in [-0.4, -0.2) is 5.75 Å². The van der Waals surface area contributed by atoms with Crippen LogP contribution in [0.1, 0.15) is 20.3 Å². The number of nitrogens with two attached hydrogens (primary N) is 1. The van der Waals surface area contributed by atoms with E-state index in [0.717, 1.165) is 17.1 Å². The molecule has 0 fully saturated rings. The molecule has 0 spiro atoms. The normalized spacial score (nSPS) is 11.0. The zero-order valence-electron chi connectivity index (χ0n) is 8.89. The van der Waals surface area contributed by atoms with E-state index in [9.17, 15) is 4.39 Å². The number of benzene rings is 1. The molecule has 0 aliphatic rings. The summed E-state index contributed by atoms with van der Waals surface area (Å²) in [4.78, 5) is 0.863. The fraction of sp³-hybridized carbons (Fsp3) is 0.455. The summed E-state index contributed by atoms with van der Waals surface area (Å²) in [5.74, 6) is 1.18. The first-order valence-electron chi connectivity index (χ1n) is 4.88. The first-order chi connectivity index (χ1) is 7.00. The Bertz CT molecular complexity index is 342. The molecule has 1 aromatic rings. The summed E-state index contributed by atoms with van der Waals surface area (Å²) in [5.41, 5.74) is 6.15. The molecule has 0 unspecified atom stereocenters. The molecule has 15 heavy (non-hydrogen) atoms. The summed E-state index contributed by atoms with van der Waals surface area (Å²) >= 11 is 7.31.